The summed E-state index contributed by atoms with van der Waals surface area (Å²) >= 11 is 0. The Morgan fingerprint density at radius 3 is 1.55 bits per heavy atom. The van der Waals surface area contributed by atoms with Crippen LogP contribution in [-0.2, 0) is 14.3 Å². The van der Waals surface area contributed by atoms with E-state index in [2.05, 4.69) is 5.32 Å². The fourth-order valence-electron chi connectivity index (χ4n) is 1.27. The number of nitrogens with one attached hydrogen (secondary N) is 1. The highest BCUT2D eigenvalue weighted by molar-refractivity contribution is 5.48. The lowest BCUT2D eigenvalue weighted by Crippen LogP contribution is -2.57. The van der Waals surface area contributed by atoms with Crippen molar-refractivity contribution in [1.82, 2.24) is 5.32 Å². The smallest absolute Gasteiger partial charge is 0.207 e. The molecular formula is C11H23NO8. The topological polar surface area (TPSA) is 149 Å². The van der Waals surface area contributed by atoms with Crippen LogP contribution in [0.5, 0.6) is 0 Å². The van der Waals surface area contributed by atoms with Gasteiger partial charge >= 0.3 is 0 Å². The molecule has 0 atom stereocenters. The molecule has 0 bridgehead atoms. The maximum absolute atomic E-state index is 10.6. The van der Waals surface area contributed by atoms with Gasteiger partial charge < -0.3 is 40.3 Å². The molecule has 0 radical (unpaired) electrons. The number of ether oxygens (including phenoxy) is 2. The van der Waals surface area contributed by atoms with E-state index < -0.39 is 50.8 Å². The highest BCUT2D eigenvalue weighted by Gasteiger charge is 2.32. The third-order valence-electron chi connectivity index (χ3n) is 2.67. The maximum atomic E-state index is 10.6. The van der Waals surface area contributed by atoms with Crippen LogP contribution in [0.3, 0.4) is 0 Å². The molecule has 9 heteroatoms. The molecule has 120 valence electrons. The first-order valence-electron chi connectivity index (χ1n) is 6.10. The first-order valence-corrected chi connectivity index (χ1v) is 6.10. The molecule has 0 fully saturated rings. The molecule has 0 unspecified atom stereocenters. The van der Waals surface area contributed by atoms with Gasteiger partial charge in [-0.3, -0.25) is 4.79 Å². The first kappa shape index (κ1) is 19.2. The van der Waals surface area contributed by atoms with Gasteiger partial charge in [-0.05, 0) is 0 Å². The zero-order chi connectivity index (χ0) is 15.4. The van der Waals surface area contributed by atoms with Crippen molar-refractivity contribution in [2.45, 2.75) is 17.7 Å². The van der Waals surface area contributed by atoms with Crippen LogP contribution < -0.4 is 5.32 Å². The zero-order valence-corrected chi connectivity index (χ0v) is 11.1. The van der Waals surface area contributed by atoms with Crippen LogP contribution in [0.15, 0.2) is 0 Å². The maximum Gasteiger partial charge on any atom is 0.207 e. The van der Waals surface area contributed by atoms with Gasteiger partial charge in [0.1, 0.15) is 17.7 Å². The van der Waals surface area contributed by atoms with E-state index in [9.17, 15) is 9.90 Å². The van der Waals surface area contributed by atoms with E-state index in [1.165, 1.54) is 0 Å². The van der Waals surface area contributed by atoms with Crippen molar-refractivity contribution in [3.63, 3.8) is 0 Å². The third-order valence-corrected chi connectivity index (χ3v) is 2.67. The quantitative estimate of drug-likeness (QED) is 0.190. The average Bonchev–Trinajstić information content (AvgIpc) is 2.49. The second-order valence-corrected chi connectivity index (χ2v) is 4.30. The number of carbonyl (C=O) groups is 1. The minimum Gasteiger partial charge on any atom is -0.394 e. The molecule has 0 aliphatic heterocycles. The fraction of sp³-hybridized carbons (Fsp3) is 0.909. The van der Waals surface area contributed by atoms with E-state index in [0.29, 0.717) is 6.41 Å². The molecule has 0 saturated heterocycles. The Balaban J connectivity index is 4.59. The van der Waals surface area contributed by atoms with E-state index in [1.54, 1.807) is 0 Å². The Hall–Kier alpha value is -0.810. The summed E-state index contributed by atoms with van der Waals surface area (Å²) in [5.41, 5.74) is -1.30. The highest BCUT2D eigenvalue weighted by Crippen LogP contribution is 2.09. The Kier molecular flexibility index (Phi) is 10.5. The summed E-state index contributed by atoms with van der Waals surface area (Å²) in [7, 11) is 0. The van der Waals surface area contributed by atoms with E-state index in [0.717, 1.165) is 0 Å². The zero-order valence-electron chi connectivity index (χ0n) is 11.1. The van der Waals surface area contributed by atoms with Gasteiger partial charge in [0.05, 0.1) is 46.2 Å². The number of aliphatic hydroxyl groups excluding tert-OH is 5. The predicted molar refractivity (Wildman–Crippen MR) is 66.8 cm³/mol. The summed E-state index contributed by atoms with van der Waals surface area (Å²) in [6.45, 7) is -2.66. The molecule has 20 heavy (non-hydrogen) atoms. The summed E-state index contributed by atoms with van der Waals surface area (Å²) in [5, 5.41) is 47.3. The van der Waals surface area contributed by atoms with Crippen molar-refractivity contribution in [3.05, 3.63) is 0 Å². The van der Waals surface area contributed by atoms with Crippen molar-refractivity contribution in [2.75, 3.05) is 46.2 Å². The fourth-order valence-corrected chi connectivity index (χ4v) is 1.27. The molecule has 0 aromatic carbocycles. The molecule has 0 heterocycles. The number of rotatable bonds is 13. The lowest BCUT2D eigenvalue weighted by atomic mass is 10.0. The summed E-state index contributed by atoms with van der Waals surface area (Å²) in [4.78, 5) is 10.6. The Morgan fingerprint density at radius 1 is 0.900 bits per heavy atom. The molecule has 9 nitrogen and oxygen atoms in total. The van der Waals surface area contributed by atoms with Crippen LogP contribution in [0, 0.1) is 0 Å². The number of hydrogen-bond acceptors (Lipinski definition) is 8. The van der Waals surface area contributed by atoms with Crippen LogP contribution in [0.4, 0.5) is 0 Å². The highest BCUT2D eigenvalue weighted by atomic mass is 16.5. The Bertz CT molecular complexity index is 229. The molecular weight excluding hydrogens is 274 g/mol. The lowest BCUT2D eigenvalue weighted by Gasteiger charge is -2.33. The average molecular weight is 297 g/mol. The van der Waals surface area contributed by atoms with Gasteiger partial charge in [0.25, 0.3) is 0 Å². The van der Waals surface area contributed by atoms with Gasteiger partial charge in [-0.15, -0.1) is 0 Å². The predicted octanol–water partition coefficient (Wildman–Crippen LogP) is -3.80. The second-order valence-electron chi connectivity index (χ2n) is 4.30. The van der Waals surface area contributed by atoms with Gasteiger partial charge in [0, 0.05) is 0 Å². The first-order chi connectivity index (χ1) is 9.61. The number of hydrogen-bond donors (Lipinski definition) is 6. The second kappa shape index (κ2) is 10.9. The van der Waals surface area contributed by atoms with Crippen molar-refractivity contribution in [3.8, 4) is 0 Å². The molecule has 0 aliphatic carbocycles. The number of carbonyl (C=O) groups excluding carboxylic acids is 1. The normalized spacial score (nSPS) is 12.2. The van der Waals surface area contributed by atoms with Gasteiger partial charge in [-0.1, -0.05) is 0 Å². The lowest BCUT2D eigenvalue weighted by molar-refractivity contribution is -0.121. The van der Waals surface area contributed by atoms with Crippen LogP contribution in [0.1, 0.15) is 0 Å². The number of aliphatic hydroxyl groups is 5. The molecule has 0 spiro atoms. The number of amides is 1. The minimum atomic E-state index is -1.30. The Labute approximate surface area is 116 Å². The van der Waals surface area contributed by atoms with Crippen LogP contribution in [0.2, 0.25) is 0 Å². The summed E-state index contributed by atoms with van der Waals surface area (Å²) in [6, 6.07) is 0. The van der Waals surface area contributed by atoms with E-state index in [-0.39, 0.29) is 13.2 Å². The van der Waals surface area contributed by atoms with Crippen molar-refractivity contribution >= 4 is 6.41 Å². The van der Waals surface area contributed by atoms with Gasteiger partial charge in [0.2, 0.25) is 6.41 Å². The molecule has 0 aliphatic rings. The molecule has 0 saturated carbocycles. The minimum absolute atomic E-state index is 0.225. The summed E-state index contributed by atoms with van der Waals surface area (Å²) in [6.07, 6.45) is -1.34. The van der Waals surface area contributed by atoms with E-state index in [1.807, 2.05) is 0 Å². The molecule has 0 rings (SSSR count). The molecule has 6 N–H and O–H groups in total. The summed E-state index contributed by atoms with van der Waals surface area (Å²) < 4.78 is 10.3. The molecule has 1 amide bonds. The largest absolute Gasteiger partial charge is 0.394 e. The van der Waals surface area contributed by atoms with Crippen molar-refractivity contribution in [2.24, 2.45) is 0 Å². The SMILES string of the molecule is O=CNC(CO)(COC(CO)CO)COC(CO)CO. The van der Waals surface area contributed by atoms with Crippen LogP contribution >= 0.6 is 0 Å². The van der Waals surface area contributed by atoms with Crippen molar-refractivity contribution < 1.29 is 39.8 Å². The Morgan fingerprint density at radius 2 is 1.30 bits per heavy atom. The monoisotopic (exact) mass is 297 g/mol. The van der Waals surface area contributed by atoms with Gasteiger partial charge in [-0.25, -0.2) is 0 Å². The standard InChI is InChI=1S/C11H23NO8/c13-1-9(2-14)19-6-11(5-17,12-8-18)7-20-10(3-15)4-16/h8-10,13-17H,1-7H2,(H,12,18). The van der Waals surface area contributed by atoms with E-state index >= 15 is 0 Å². The van der Waals surface area contributed by atoms with E-state index in [4.69, 9.17) is 29.9 Å². The van der Waals surface area contributed by atoms with Gasteiger partial charge in [-0.2, -0.15) is 0 Å². The van der Waals surface area contributed by atoms with Crippen LogP contribution in [-0.4, -0.2) is 95.9 Å². The third kappa shape index (κ3) is 6.57. The van der Waals surface area contributed by atoms with Crippen molar-refractivity contribution in [1.29, 1.82) is 0 Å². The van der Waals surface area contributed by atoms with Crippen LogP contribution in [0.25, 0.3) is 0 Å². The van der Waals surface area contributed by atoms with Gasteiger partial charge in [0.15, 0.2) is 0 Å². The molecule has 0 aromatic heterocycles. The summed E-state index contributed by atoms with van der Waals surface area (Å²) in [5.74, 6) is 0. The molecule has 0 aromatic rings.